The van der Waals surface area contributed by atoms with E-state index in [0.29, 0.717) is 0 Å². The van der Waals surface area contributed by atoms with Crippen LogP contribution < -0.4 is 24.8 Å². The molecular weight excluding hydrogens is 437 g/mol. The van der Waals surface area contributed by atoms with Gasteiger partial charge in [-0.1, -0.05) is 0 Å². The van der Waals surface area contributed by atoms with Crippen molar-refractivity contribution in [2.24, 2.45) is 0 Å². The summed E-state index contributed by atoms with van der Waals surface area (Å²) in [5.41, 5.74) is 3.74. The maximum atomic E-state index is 4.58. The van der Waals surface area contributed by atoms with E-state index in [0.717, 1.165) is 11.9 Å². The summed E-state index contributed by atoms with van der Waals surface area (Å²) in [5, 5.41) is 2.68. The van der Waals surface area contributed by atoms with E-state index < -0.39 is 6.69 Å². The van der Waals surface area contributed by atoms with Gasteiger partial charge in [0.2, 0.25) is 0 Å². The molecule has 1 aromatic heterocycles. The van der Waals surface area contributed by atoms with Gasteiger partial charge in [-0.15, -0.1) is 0 Å². The molecule has 0 atom stereocenters. The maximum Gasteiger partial charge on any atom is -1.00 e. The smallest absolute Gasteiger partial charge is 1.00 e. The summed E-state index contributed by atoms with van der Waals surface area (Å²) in [6.07, 6.45) is 5.23. The van der Waals surface area contributed by atoms with Crippen LogP contribution in [0.5, 0.6) is 0 Å². The van der Waals surface area contributed by atoms with Crippen LogP contribution in [0.1, 0.15) is 12.0 Å². The third-order valence-corrected chi connectivity index (χ3v) is 7.67. The molecule has 0 saturated heterocycles. The van der Waals surface area contributed by atoms with Crippen molar-refractivity contribution in [2.45, 2.75) is 19.5 Å². The van der Waals surface area contributed by atoms with Gasteiger partial charge in [0.1, 0.15) is 0 Å². The molecule has 0 N–H and O–H groups in total. The van der Waals surface area contributed by atoms with Crippen molar-refractivity contribution in [1.82, 2.24) is 4.98 Å². The quantitative estimate of drug-likeness (QED) is 0.420. The average Bonchev–Trinajstić information content (AvgIpc) is 2.80. The average molecular weight is 452 g/mol. The first-order valence-electron chi connectivity index (χ1n) is 6.62. The molecule has 0 aliphatic heterocycles. The second-order valence-electron chi connectivity index (χ2n) is 5.48. The fourth-order valence-electron chi connectivity index (χ4n) is 2.64. The number of benzene rings is 1. The Morgan fingerprint density at radius 2 is 1.82 bits per heavy atom. The van der Waals surface area contributed by atoms with Gasteiger partial charge in [-0.3, -0.25) is 0 Å². The standard InChI is InChI=1S/C16H15BrNSi.2ClH.Cr/c1-19(2,17)14-9-8-13(11-14)15-7-3-5-12-6-4-10-18-16(12)15;;;/h3-7,9-10H,8H2,1-2H3;2*1H;/q;;;+2/p-2. The Kier molecular flexibility index (Phi) is 6.95. The van der Waals surface area contributed by atoms with E-state index in [2.05, 4.69) is 80.0 Å². The molecule has 6 heteroatoms. The number of fused-ring (bicyclic) bond motifs is 1. The molecule has 0 spiro atoms. The minimum Gasteiger partial charge on any atom is -1.00 e. The van der Waals surface area contributed by atoms with Crippen LogP contribution in [-0.2, 0) is 16.3 Å². The largest absolute Gasteiger partial charge is 1.00 e. The van der Waals surface area contributed by atoms with Gasteiger partial charge in [0, 0.05) is 0 Å². The minimum atomic E-state index is -1.47. The van der Waals surface area contributed by atoms with E-state index in [4.69, 9.17) is 0 Å². The predicted molar refractivity (Wildman–Crippen MR) is 87.8 cm³/mol. The zero-order valence-electron chi connectivity index (χ0n) is 12.2. The molecule has 0 amide bonds. The van der Waals surface area contributed by atoms with Gasteiger partial charge in [0.15, 0.2) is 0 Å². The molecule has 1 aliphatic carbocycles. The van der Waals surface area contributed by atoms with Crippen molar-refractivity contribution >= 4 is 38.5 Å². The van der Waals surface area contributed by atoms with Crippen molar-refractivity contribution in [3.8, 4) is 0 Å². The molecule has 1 heterocycles. The van der Waals surface area contributed by atoms with Gasteiger partial charge in [-0.25, -0.2) is 0 Å². The summed E-state index contributed by atoms with van der Waals surface area (Å²) < 4.78 is 1.32. The van der Waals surface area contributed by atoms with Crippen molar-refractivity contribution in [3.63, 3.8) is 0 Å². The first-order valence-corrected chi connectivity index (χ1v) is 12.5. The number of rotatable bonds is 2. The Bertz CT molecular complexity index is 748. The van der Waals surface area contributed by atoms with Gasteiger partial charge < -0.3 is 24.8 Å². The molecule has 2 aromatic rings. The Morgan fingerprint density at radius 1 is 1.14 bits per heavy atom. The van der Waals surface area contributed by atoms with Crippen LogP contribution in [0.2, 0.25) is 13.1 Å². The van der Waals surface area contributed by atoms with Gasteiger partial charge in [-0.05, 0) is 0 Å². The SMILES string of the molecule is C[Si](C)(Br)C1=CCC(c2cccc3cccnc23)=[C]1[Cr+2].[Cl-].[Cl-]. The monoisotopic (exact) mass is 450 g/mol. The van der Waals surface area contributed by atoms with Crippen molar-refractivity contribution in [3.05, 3.63) is 57.8 Å². The normalized spacial score (nSPS) is 14.4. The van der Waals surface area contributed by atoms with Crippen LogP contribution in [-0.4, -0.2) is 11.7 Å². The zero-order chi connectivity index (χ0) is 14.3. The molecule has 1 aliphatic rings. The Hall–Kier alpha value is -0.0806. The van der Waals surface area contributed by atoms with Gasteiger partial charge in [-0.2, -0.15) is 0 Å². The van der Waals surface area contributed by atoms with Gasteiger partial charge in [0.05, 0.1) is 0 Å². The van der Waals surface area contributed by atoms with Crippen LogP contribution >= 0.6 is 15.3 Å². The van der Waals surface area contributed by atoms with Crippen LogP contribution in [0.3, 0.4) is 0 Å². The summed E-state index contributed by atoms with van der Waals surface area (Å²) in [6, 6.07) is 10.5. The molecule has 0 radical (unpaired) electrons. The van der Waals surface area contributed by atoms with Crippen molar-refractivity contribution in [2.75, 3.05) is 0 Å². The Morgan fingerprint density at radius 3 is 2.45 bits per heavy atom. The number of para-hydroxylation sites is 1. The molecule has 3 rings (SSSR count). The zero-order valence-corrected chi connectivity index (χ0v) is 17.6. The van der Waals surface area contributed by atoms with Gasteiger partial charge >= 0.3 is 137 Å². The fourth-order valence-corrected chi connectivity index (χ4v) is 7.28. The fraction of sp³-hybridized carbons (Fsp3) is 0.188. The molecule has 115 valence electrons. The molecule has 22 heavy (non-hydrogen) atoms. The van der Waals surface area contributed by atoms with Gasteiger partial charge in [0.25, 0.3) is 0 Å². The number of aromatic nitrogens is 1. The van der Waals surface area contributed by atoms with Crippen molar-refractivity contribution in [1.29, 1.82) is 0 Å². The molecule has 1 aromatic carbocycles. The topological polar surface area (TPSA) is 12.9 Å². The van der Waals surface area contributed by atoms with Crippen molar-refractivity contribution < 1.29 is 41.1 Å². The number of allylic oxidation sites excluding steroid dienone is 4. The predicted octanol–water partition coefficient (Wildman–Crippen LogP) is -1.03. The number of halogens is 3. The third kappa shape index (κ3) is 3.70. The maximum absolute atomic E-state index is 4.58. The van der Waals surface area contributed by atoms with Crippen LogP contribution in [0.25, 0.3) is 16.5 Å². The molecule has 1 nitrogen and oxygen atoms in total. The summed E-state index contributed by atoms with van der Waals surface area (Å²) in [5.74, 6) is 0. The summed E-state index contributed by atoms with van der Waals surface area (Å²) in [7, 11) is 0. The first-order chi connectivity index (χ1) is 9.48. The van der Waals surface area contributed by atoms with E-state index >= 15 is 0 Å². The third-order valence-electron chi connectivity index (χ3n) is 3.63. The van der Waals surface area contributed by atoms with E-state index in [1.54, 1.807) is 0 Å². The minimum absolute atomic E-state index is 0. The number of nitrogens with zero attached hydrogens (tertiary/aromatic N) is 1. The number of pyridine rings is 1. The van der Waals surface area contributed by atoms with E-state index in [1.807, 2.05) is 12.3 Å². The van der Waals surface area contributed by atoms with E-state index in [9.17, 15) is 0 Å². The molecule has 0 saturated carbocycles. The molecule has 0 unspecified atom stereocenters. The second-order valence-corrected chi connectivity index (χ2v) is 15.6. The molecule has 0 bridgehead atoms. The second kappa shape index (κ2) is 7.66. The van der Waals surface area contributed by atoms with E-state index in [1.165, 1.54) is 26.2 Å². The molecule has 0 fully saturated rings. The summed E-state index contributed by atoms with van der Waals surface area (Å²) in [6.45, 7) is 3.17. The first kappa shape index (κ1) is 20.0. The van der Waals surface area contributed by atoms with Crippen LogP contribution in [0, 0.1) is 0 Å². The van der Waals surface area contributed by atoms with Crippen LogP contribution in [0.15, 0.2) is 52.2 Å². The van der Waals surface area contributed by atoms with Crippen LogP contribution in [0.4, 0.5) is 0 Å². The summed E-state index contributed by atoms with van der Waals surface area (Å²) >= 11 is 7.19. The number of hydrogen-bond acceptors (Lipinski definition) is 1. The Balaban J connectivity index is 0.00000121. The van der Waals surface area contributed by atoms with E-state index in [-0.39, 0.29) is 24.8 Å². The molecular formula is C16H15BrCl2CrNSi. The Labute approximate surface area is 161 Å². The summed E-state index contributed by atoms with van der Waals surface area (Å²) in [4.78, 5) is 4.58. The number of hydrogen-bond donors (Lipinski definition) is 0.